The molecule has 2 aromatic heterocycles. The van der Waals surface area contributed by atoms with Crippen molar-refractivity contribution in [3.8, 4) is 11.5 Å². The number of pyridine rings is 1. The van der Waals surface area contributed by atoms with E-state index in [1.165, 1.54) is 0 Å². The van der Waals surface area contributed by atoms with Gasteiger partial charge in [0.1, 0.15) is 28.7 Å². The first-order valence-corrected chi connectivity index (χ1v) is 9.55. The van der Waals surface area contributed by atoms with Crippen molar-refractivity contribution in [2.45, 2.75) is 13.2 Å². The van der Waals surface area contributed by atoms with Crippen LogP contribution in [-0.2, 0) is 17.9 Å². The van der Waals surface area contributed by atoms with E-state index in [1.54, 1.807) is 7.11 Å². The van der Waals surface area contributed by atoms with E-state index in [0.717, 1.165) is 39.5 Å². The predicted octanol–water partition coefficient (Wildman–Crippen LogP) is 5.11. The van der Waals surface area contributed by atoms with Gasteiger partial charge in [0.05, 0.1) is 18.8 Å². The van der Waals surface area contributed by atoms with Crippen LogP contribution in [0.1, 0.15) is 17.0 Å². The molecule has 0 bridgehead atoms. The number of hydrogen-bond acceptors (Lipinski definition) is 6. The second-order valence-corrected chi connectivity index (χ2v) is 6.83. The molecule has 0 radical (unpaired) electrons. The molecule has 0 fully saturated rings. The maximum atomic E-state index is 6.06. The first-order chi connectivity index (χ1) is 14.6. The number of hydrogen-bond donors (Lipinski definition) is 2. The van der Waals surface area contributed by atoms with E-state index in [1.807, 2.05) is 66.7 Å². The van der Waals surface area contributed by atoms with Gasteiger partial charge in [0.25, 0.3) is 0 Å². The van der Waals surface area contributed by atoms with Crippen molar-refractivity contribution in [3.05, 3.63) is 90.3 Å². The summed E-state index contributed by atoms with van der Waals surface area (Å²) in [7, 11) is 1.62. The average molecular weight is 401 g/mol. The molecule has 2 heterocycles. The van der Waals surface area contributed by atoms with Crippen molar-refractivity contribution in [2.24, 2.45) is 0 Å². The van der Waals surface area contributed by atoms with Gasteiger partial charge in [-0.15, -0.1) is 0 Å². The lowest BCUT2D eigenvalue weighted by molar-refractivity contribution is 0.181. The summed E-state index contributed by atoms with van der Waals surface area (Å²) < 4.78 is 16.9. The molecular weight excluding hydrogens is 378 g/mol. The molecule has 4 aromatic rings. The monoisotopic (exact) mass is 401 g/mol. The number of nitrogens with one attached hydrogen (secondary N) is 1. The van der Waals surface area contributed by atoms with Crippen molar-refractivity contribution in [1.29, 1.82) is 0 Å². The van der Waals surface area contributed by atoms with Crippen LogP contribution in [0.5, 0.6) is 11.5 Å². The minimum absolute atomic E-state index is 0.411. The Morgan fingerprint density at radius 2 is 1.90 bits per heavy atom. The van der Waals surface area contributed by atoms with E-state index >= 15 is 0 Å². The molecule has 2 aromatic carbocycles. The molecule has 0 aliphatic rings. The zero-order valence-electron chi connectivity index (χ0n) is 16.7. The van der Waals surface area contributed by atoms with Gasteiger partial charge in [0, 0.05) is 29.8 Å². The van der Waals surface area contributed by atoms with Gasteiger partial charge in [-0.05, 0) is 42.5 Å². The number of aromatic nitrogens is 1. The molecule has 0 saturated carbocycles. The topological polar surface area (TPSA) is 82.5 Å². The highest BCUT2D eigenvalue weighted by atomic mass is 16.5. The molecule has 0 unspecified atom stereocenters. The minimum Gasteiger partial charge on any atom is -0.459 e. The van der Waals surface area contributed by atoms with E-state index < -0.39 is 0 Å². The summed E-state index contributed by atoms with van der Waals surface area (Å²) in [6.07, 6.45) is 0. The normalized spacial score (nSPS) is 10.8. The number of benzene rings is 2. The van der Waals surface area contributed by atoms with Gasteiger partial charge in [-0.2, -0.15) is 0 Å². The third-order valence-electron chi connectivity index (χ3n) is 4.60. The molecule has 0 spiro atoms. The Kier molecular flexibility index (Phi) is 5.68. The zero-order valence-corrected chi connectivity index (χ0v) is 16.7. The van der Waals surface area contributed by atoms with Crippen molar-refractivity contribution in [2.75, 3.05) is 12.8 Å². The fraction of sp³-hybridized carbons (Fsp3) is 0.125. The lowest BCUT2D eigenvalue weighted by Crippen LogP contribution is -2.12. The lowest BCUT2D eigenvalue weighted by atomic mass is 10.2. The first kappa shape index (κ1) is 19.5. The van der Waals surface area contributed by atoms with Crippen LogP contribution < -0.4 is 15.8 Å². The SMILES string of the molecule is C=C(NCc1cc2ccc(Oc3ccccc3)cc2o1)c1ccc(COC)nc1N. The molecule has 3 N–H and O–H groups in total. The third kappa shape index (κ3) is 4.45. The van der Waals surface area contributed by atoms with E-state index in [-0.39, 0.29) is 0 Å². The molecule has 4 rings (SSSR count). The number of furan rings is 1. The van der Waals surface area contributed by atoms with Crippen LogP contribution in [0.4, 0.5) is 5.82 Å². The Hall–Kier alpha value is -3.77. The molecule has 30 heavy (non-hydrogen) atoms. The quantitative estimate of drug-likeness (QED) is 0.427. The smallest absolute Gasteiger partial charge is 0.138 e. The molecule has 6 heteroatoms. The highest BCUT2D eigenvalue weighted by Gasteiger charge is 2.09. The Morgan fingerprint density at radius 1 is 1.07 bits per heavy atom. The van der Waals surface area contributed by atoms with Crippen molar-refractivity contribution < 1.29 is 13.9 Å². The van der Waals surface area contributed by atoms with Crippen LogP contribution in [-0.4, -0.2) is 12.1 Å². The lowest BCUT2D eigenvalue weighted by Gasteiger charge is -2.11. The Balaban J connectivity index is 1.43. The number of rotatable bonds is 8. The molecule has 152 valence electrons. The van der Waals surface area contributed by atoms with Crippen LogP contribution in [0.2, 0.25) is 0 Å². The Morgan fingerprint density at radius 3 is 2.67 bits per heavy atom. The van der Waals surface area contributed by atoms with Gasteiger partial charge in [-0.3, -0.25) is 0 Å². The Bertz CT molecular complexity index is 1170. The highest BCUT2D eigenvalue weighted by Crippen LogP contribution is 2.28. The number of methoxy groups -OCH3 is 1. The fourth-order valence-corrected chi connectivity index (χ4v) is 3.13. The molecule has 0 aliphatic carbocycles. The molecule has 0 saturated heterocycles. The first-order valence-electron chi connectivity index (χ1n) is 9.55. The summed E-state index contributed by atoms with van der Waals surface area (Å²) in [5, 5.41) is 4.25. The number of ether oxygens (including phenoxy) is 2. The van der Waals surface area contributed by atoms with Crippen molar-refractivity contribution >= 4 is 22.5 Å². The zero-order chi connectivity index (χ0) is 20.9. The molecular formula is C24H23N3O3. The number of para-hydroxylation sites is 1. The predicted molar refractivity (Wildman–Crippen MR) is 118 cm³/mol. The fourth-order valence-electron chi connectivity index (χ4n) is 3.13. The average Bonchev–Trinajstić information content (AvgIpc) is 3.15. The maximum absolute atomic E-state index is 6.06. The number of nitrogens with two attached hydrogens (primary N) is 1. The van der Waals surface area contributed by atoms with E-state index in [0.29, 0.717) is 24.7 Å². The van der Waals surface area contributed by atoms with Crippen LogP contribution >= 0.6 is 0 Å². The van der Waals surface area contributed by atoms with Gasteiger partial charge < -0.3 is 24.9 Å². The van der Waals surface area contributed by atoms with Gasteiger partial charge in [0.2, 0.25) is 0 Å². The van der Waals surface area contributed by atoms with E-state index in [2.05, 4.69) is 16.9 Å². The molecule has 0 amide bonds. The van der Waals surface area contributed by atoms with Crippen LogP contribution in [0.3, 0.4) is 0 Å². The molecule has 6 nitrogen and oxygen atoms in total. The summed E-state index contributed by atoms with van der Waals surface area (Å²) in [4.78, 5) is 4.33. The van der Waals surface area contributed by atoms with Crippen molar-refractivity contribution in [3.63, 3.8) is 0 Å². The number of anilines is 1. The summed E-state index contributed by atoms with van der Waals surface area (Å²) in [6.45, 7) is 4.96. The third-order valence-corrected chi connectivity index (χ3v) is 4.60. The summed E-state index contributed by atoms with van der Waals surface area (Å²) in [6, 6.07) is 21.2. The second kappa shape index (κ2) is 8.71. The van der Waals surface area contributed by atoms with Crippen LogP contribution in [0.15, 0.2) is 77.7 Å². The van der Waals surface area contributed by atoms with E-state index in [9.17, 15) is 0 Å². The van der Waals surface area contributed by atoms with Gasteiger partial charge in [0.15, 0.2) is 0 Å². The standard InChI is InChI=1S/C24H23N3O3/c1-16(22-11-9-18(15-28-2)27-24(22)25)26-14-21-12-17-8-10-20(13-23(17)30-21)29-19-6-4-3-5-7-19/h3-13,26H,1,14-15H2,2H3,(H2,25,27). The van der Waals surface area contributed by atoms with Crippen LogP contribution in [0.25, 0.3) is 16.7 Å². The van der Waals surface area contributed by atoms with Gasteiger partial charge >= 0.3 is 0 Å². The number of fused-ring (bicyclic) bond motifs is 1. The number of nitrogen functional groups attached to an aromatic ring is 1. The second-order valence-electron chi connectivity index (χ2n) is 6.83. The highest BCUT2D eigenvalue weighted by molar-refractivity contribution is 5.79. The molecule has 0 aliphatic heterocycles. The largest absolute Gasteiger partial charge is 0.459 e. The maximum Gasteiger partial charge on any atom is 0.138 e. The molecule has 0 atom stereocenters. The van der Waals surface area contributed by atoms with Crippen LogP contribution in [0, 0.1) is 0 Å². The van der Waals surface area contributed by atoms with E-state index in [4.69, 9.17) is 19.6 Å². The summed E-state index contributed by atoms with van der Waals surface area (Å²) >= 11 is 0. The van der Waals surface area contributed by atoms with Gasteiger partial charge in [-0.1, -0.05) is 24.8 Å². The van der Waals surface area contributed by atoms with Crippen molar-refractivity contribution in [1.82, 2.24) is 10.3 Å². The summed E-state index contributed by atoms with van der Waals surface area (Å²) in [5.74, 6) is 2.70. The Labute approximate surface area is 174 Å². The van der Waals surface area contributed by atoms with Gasteiger partial charge in [-0.25, -0.2) is 4.98 Å². The number of nitrogens with zero attached hydrogens (tertiary/aromatic N) is 1. The minimum atomic E-state index is 0.411. The summed E-state index contributed by atoms with van der Waals surface area (Å²) in [5.41, 5.74) is 9.03.